The zero-order valence-electron chi connectivity index (χ0n) is 14.6. The van der Waals surface area contributed by atoms with Crippen molar-refractivity contribution in [2.24, 2.45) is 5.73 Å². The molecular formula is C19H18F2N4O2. The Morgan fingerprint density at radius 3 is 2.67 bits per heavy atom. The highest BCUT2D eigenvalue weighted by Crippen LogP contribution is 2.16. The number of para-hydroxylation sites is 1. The van der Waals surface area contributed by atoms with Crippen LogP contribution in [0.3, 0.4) is 0 Å². The third-order valence-electron chi connectivity index (χ3n) is 4.26. The molecule has 1 amide bonds. The Kier molecular flexibility index (Phi) is 5.27. The van der Waals surface area contributed by atoms with Gasteiger partial charge in [-0.25, -0.2) is 13.8 Å². The van der Waals surface area contributed by atoms with Crippen molar-refractivity contribution >= 4 is 16.8 Å². The molecule has 1 atom stereocenters. The Morgan fingerprint density at radius 1 is 1.22 bits per heavy atom. The van der Waals surface area contributed by atoms with E-state index < -0.39 is 17.5 Å². The lowest BCUT2D eigenvalue weighted by atomic mass is 10.1. The summed E-state index contributed by atoms with van der Waals surface area (Å²) in [4.78, 5) is 28.5. The SMILES string of the molecule is C[C@@H](NCc1nc2ccccc2c(=O)n1CC(N)=O)c1ccc(F)c(F)c1. The molecule has 0 saturated carbocycles. The van der Waals surface area contributed by atoms with Crippen molar-refractivity contribution < 1.29 is 13.6 Å². The molecular weight excluding hydrogens is 354 g/mol. The number of nitrogens with zero attached hydrogens (tertiary/aromatic N) is 2. The van der Waals surface area contributed by atoms with Gasteiger partial charge < -0.3 is 11.1 Å². The summed E-state index contributed by atoms with van der Waals surface area (Å²) in [6, 6.07) is 10.1. The fourth-order valence-electron chi connectivity index (χ4n) is 2.81. The fraction of sp³-hybridized carbons (Fsp3) is 0.211. The molecule has 0 unspecified atom stereocenters. The van der Waals surface area contributed by atoms with Gasteiger partial charge in [-0.3, -0.25) is 14.2 Å². The van der Waals surface area contributed by atoms with E-state index >= 15 is 0 Å². The van der Waals surface area contributed by atoms with Crippen molar-refractivity contribution in [3.63, 3.8) is 0 Å². The summed E-state index contributed by atoms with van der Waals surface area (Å²) in [5.74, 6) is -2.19. The summed E-state index contributed by atoms with van der Waals surface area (Å²) in [5, 5.41) is 3.49. The van der Waals surface area contributed by atoms with E-state index in [0.29, 0.717) is 22.3 Å². The molecule has 0 radical (unpaired) electrons. The van der Waals surface area contributed by atoms with Gasteiger partial charge in [0, 0.05) is 6.04 Å². The first kappa shape index (κ1) is 18.7. The molecule has 27 heavy (non-hydrogen) atoms. The van der Waals surface area contributed by atoms with Gasteiger partial charge in [-0.05, 0) is 36.8 Å². The van der Waals surface area contributed by atoms with Gasteiger partial charge in [0.15, 0.2) is 11.6 Å². The lowest BCUT2D eigenvalue weighted by Crippen LogP contribution is -2.33. The first-order valence-electron chi connectivity index (χ1n) is 8.32. The van der Waals surface area contributed by atoms with Gasteiger partial charge in [-0.1, -0.05) is 18.2 Å². The van der Waals surface area contributed by atoms with Crippen LogP contribution in [0.1, 0.15) is 24.4 Å². The number of amides is 1. The zero-order chi connectivity index (χ0) is 19.6. The van der Waals surface area contributed by atoms with Gasteiger partial charge in [-0.15, -0.1) is 0 Å². The highest BCUT2D eigenvalue weighted by atomic mass is 19.2. The van der Waals surface area contributed by atoms with Crippen LogP contribution in [0.4, 0.5) is 8.78 Å². The Labute approximate surface area is 153 Å². The van der Waals surface area contributed by atoms with Gasteiger partial charge in [0.05, 0.1) is 17.4 Å². The Bertz CT molecular complexity index is 1070. The number of rotatable bonds is 6. The third-order valence-corrected chi connectivity index (χ3v) is 4.26. The van der Waals surface area contributed by atoms with Crippen molar-refractivity contribution in [2.45, 2.75) is 26.1 Å². The van der Waals surface area contributed by atoms with E-state index in [4.69, 9.17) is 5.73 Å². The predicted molar refractivity (Wildman–Crippen MR) is 96.8 cm³/mol. The fourth-order valence-corrected chi connectivity index (χ4v) is 2.81. The Hall–Kier alpha value is -3.13. The number of hydrogen-bond donors (Lipinski definition) is 2. The quantitative estimate of drug-likeness (QED) is 0.693. The third kappa shape index (κ3) is 4.01. The minimum atomic E-state index is -0.935. The number of carbonyl (C=O) groups excluding carboxylic acids is 1. The van der Waals surface area contributed by atoms with Crippen molar-refractivity contribution in [3.8, 4) is 0 Å². The van der Waals surface area contributed by atoms with Gasteiger partial charge in [-0.2, -0.15) is 0 Å². The maximum atomic E-state index is 13.4. The van der Waals surface area contributed by atoms with E-state index in [2.05, 4.69) is 10.3 Å². The largest absolute Gasteiger partial charge is 0.368 e. The van der Waals surface area contributed by atoms with Crippen molar-refractivity contribution in [1.82, 2.24) is 14.9 Å². The van der Waals surface area contributed by atoms with Crippen molar-refractivity contribution in [2.75, 3.05) is 0 Å². The number of halogens is 2. The van der Waals surface area contributed by atoms with Crippen LogP contribution >= 0.6 is 0 Å². The summed E-state index contributed by atoms with van der Waals surface area (Å²) >= 11 is 0. The van der Waals surface area contributed by atoms with Crippen LogP contribution in [0, 0.1) is 11.6 Å². The minimum absolute atomic E-state index is 0.132. The predicted octanol–water partition coefficient (Wildman–Crippen LogP) is 2.01. The minimum Gasteiger partial charge on any atom is -0.368 e. The number of carbonyl (C=O) groups is 1. The second kappa shape index (κ2) is 7.63. The Balaban J connectivity index is 1.92. The van der Waals surface area contributed by atoms with E-state index in [1.165, 1.54) is 10.6 Å². The molecule has 140 valence electrons. The number of benzene rings is 2. The molecule has 3 rings (SSSR count). The van der Waals surface area contributed by atoms with Crippen LogP contribution in [0.15, 0.2) is 47.3 Å². The molecule has 1 aromatic heterocycles. The molecule has 0 aliphatic rings. The number of hydrogen-bond acceptors (Lipinski definition) is 4. The molecule has 0 aliphatic heterocycles. The summed E-state index contributed by atoms with van der Waals surface area (Å²) in [6.45, 7) is 1.60. The number of fused-ring (bicyclic) bond motifs is 1. The molecule has 0 fully saturated rings. The van der Waals surface area contributed by atoms with Gasteiger partial charge >= 0.3 is 0 Å². The van der Waals surface area contributed by atoms with E-state index in [0.717, 1.165) is 12.1 Å². The number of aromatic nitrogens is 2. The summed E-state index contributed by atoms with van der Waals surface area (Å²) < 4.78 is 27.7. The van der Waals surface area contributed by atoms with E-state index in [9.17, 15) is 18.4 Å². The normalized spacial score (nSPS) is 12.3. The molecule has 0 bridgehead atoms. The summed E-state index contributed by atoms with van der Waals surface area (Å²) in [5.41, 5.74) is 5.94. The van der Waals surface area contributed by atoms with Gasteiger partial charge in [0.2, 0.25) is 5.91 Å². The average molecular weight is 372 g/mol. The topological polar surface area (TPSA) is 90.0 Å². The van der Waals surface area contributed by atoms with Crippen LogP contribution in [0.5, 0.6) is 0 Å². The molecule has 6 nitrogen and oxygen atoms in total. The maximum Gasteiger partial charge on any atom is 0.261 e. The number of nitrogens with one attached hydrogen (secondary N) is 1. The molecule has 3 aromatic rings. The van der Waals surface area contributed by atoms with Gasteiger partial charge in [0.1, 0.15) is 12.4 Å². The summed E-state index contributed by atoms with van der Waals surface area (Å²) in [6.07, 6.45) is 0. The van der Waals surface area contributed by atoms with Gasteiger partial charge in [0.25, 0.3) is 5.56 Å². The molecule has 2 aromatic carbocycles. The van der Waals surface area contributed by atoms with Crippen LogP contribution in [-0.2, 0) is 17.9 Å². The van der Waals surface area contributed by atoms with Crippen LogP contribution in [-0.4, -0.2) is 15.5 Å². The monoisotopic (exact) mass is 372 g/mol. The standard InChI is InChI=1S/C19H18F2N4O2/c1-11(12-6-7-14(20)15(21)8-12)23-9-18-24-16-5-3-2-4-13(16)19(27)25(18)10-17(22)26/h2-8,11,23H,9-10H2,1H3,(H2,22,26)/t11-/m1/s1. The molecule has 0 saturated heterocycles. The highest BCUT2D eigenvalue weighted by molar-refractivity contribution is 5.78. The summed E-state index contributed by atoms with van der Waals surface area (Å²) in [7, 11) is 0. The highest BCUT2D eigenvalue weighted by Gasteiger charge is 2.14. The van der Waals surface area contributed by atoms with E-state index in [-0.39, 0.29) is 24.7 Å². The van der Waals surface area contributed by atoms with Crippen LogP contribution in [0.25, 0.3) is 10.9 Å². The van der Waals surface area contributed by atoms with Crippen LogP contribution in [0.2, 0.25) is 0 Å². The maximum absolute atomic E-state index is 13.4. The lowest BCUT2D eigenvalue weighted by Gasteiger charge is -2.17. The Morgan fingerprint density at radius 2 is 1.96 bits per heavy atom. The van der Waals surface area contributed by atoms with E-state index in [1.807, 2.05) is 0 Å². The number of primary amides is 1. The number of nitrogens with two attached hydrogens (primary N) is 1. The average Bonchev–Trinajstić information content (AvgIpc) is 2.64. The lowest BCUT2D eigenvalue weighted by molar-refractivity contribution is -0.118. The second-order valence-corrected chi connectivity index (χ2v) is 6.18. The molecule has 0 aliphatic carbocycles. The second-order valence-electron chi connectivity index (χ2n) is 6.18. The van der Waals surface area contributed by atoms with Crippen LogP contribution < -0.4 is 16.6 Å². The van der Waals surface area contributed by atoms with E-state index in [1.54, 1.807) is 31.2 Å². The first-order valence-corrected chi connectivity index (χ1v) is 8.32. The molecule has 3 N–H and O–H groups in total. The first-order chi connectivity index (χ1) is 12.9. The zero-order valence-corrected chi connectivity index (χ0v) is 14.6. The molecule has 8 heteroatoms. The smallest absolute Gasteiger partial charge is 0.261 e. The van der Waals surface area contributed by atoms with Crippen molar-refractivity contribution in [1.29, 1.82) is 0 Å². The van der Waals surface area contributed by atoms with Crippen molar-refractivity contribution in [3.05, 3.63) is 75.8 Å². The molecule has 0 spiro atoms. The molecule has 1 heterocycles.